The maximum Gasteiger partial charge on any atom is 0.330 e. The molecule has 9 heteroatoms. The van der Waals surface area contributed by atoms with Crippen molar-refractivity contribution in [2.75, 3.05) is 30.9 Å². The van der Waals surface area contributed by atoms with Gasteiger partial charge in [0.2, 0.25) is 0 Å². The van der Waals surface area contributed by atoms with Gasteiger partial charge >= 0.3 is 5.69 Å². The van der Waals surface area contributed by atoms with Crippen molar-refractivity contribution in [3.05, 3.63) is 50.7 Å². The number of H-pyrrole nitrogens is 1. The van der Waals surface area contributed by atoms with E-state index < -0.39 is 23.3 Å². The molecule has 182 valence electrons. The summed E-state index contributed by atoms with van der Waals surface area (Å²) in [6, 6.07) is 7.54. The second-order valence-electron chi connectivity index (χ2n) is 9.51. The van der Waals surface area contributed by atoms with Gasteiger partial charge in [0.1, 0.15) is 11.6 Å². The highest BCUT2D eigenvalue weighted by molar-refractivity contribution is 5.98. The molecule has 0 saturated carbocycles. The smallest absolute Gasteiger partial charge is 0.330 e. The highest BCUT2D eigenvalue weighted by atomic mass is 16.5. The number of benzene rings is 1. The topological polar surface area (TPSA) is 120 Å². The Bertz CT molecular complexity index is 1060. The first-order valence-electron chi connectivity index (χ1n) is 11.1. The average molecular weight is 461 g/mol. The van der Waals surface area contributed by atoms with Crippen molar-refractivity contribution in [3.63, 3.8) is 0 Å². The third kappa shape index (κ3) is 6.47. The van der Waals surface area contributed by atoms with E-state index in [2.05, 4.69) is 25.8 Å². The van der Waals surface area contributed by atoms with Crippen LogP contribution in [0, 0.1) is 5.92 Å². The number of hydrogen-bond donors (Lipinski definition) is 2. The van der Waals surface area contributed by atoms with Crippen LogP contribution in [0.4, 0.5) is 11.5 Å². The molecule has 1 aromatic heterocycles. The lowest BCUT2D eigenvalue weighted by Crippen LogP contribution is -2.47. The van der Waals surface area contributed by atoms with Crippen molar-refractivity contribution in [2.45, 2.75) is 59.6 Å². The molecule has 9 nitrogen and oxygen atoms in total. The molecular formula is C24H36N4O5. The molecule has 1 atom stereocenters. The molecule has 1 aromatic carbocycles. The number of nitrogens with zero attached hydrogens (tertiary/aromatic N) is 2. The van der Waals surface area contributed by atoms with Crippen LogP contribution in [0.5, 0.6) is 5.75 Å². The molecule has 33 heavy (non-hydrogen) atoms. The Kier molecular flexibility index (Phi) is 8.49. The number of aromatic nitrogens is 2. The SMILES string of the molecule is COCCN(C(=O)C(C)Oc1ccc(C(C)(C)C)cc1)c1c(N)n(CC(C)C)c(=O)[nH]c1=O. The molecular weight excluding hydrogens is 424 g/mol. The van der Waals surface area contributed by atoms with Crippen LogP contribution in [-0.4, -0.2) is 41.8 Å². The molecule has 0 bridgehead atoms. The van der Waals surface area contributed by atoms with Crippen LogP contribution in [0.3, 0.4) is 0 Å². The Labute approximate surface area is 194 Å². The lowest BCUT2D eigenvalue weighted by molar-refractivity contribution is -0.124. The van der Waals surface area contributed by atoms with Crippen LogP contribution in [0.25, 0.3) is 0 Å². The predicted molar refractivity (Wildman–Crippen MR) is 130 cm³/mol. The average Bonchev–Trinajstić information content (AvgIpc) is 2.72. The molecule has 1 amide bonds. The molecule has 0 radical (unpaired) electrons. The van der Waals surface area contributed by atoms with Crippen LogP contribution in [0.1, 0.15) is 47.1 Å². The quantitative estimate of drug-likeness (QED) is 0.593. The molecule has 3 N–H and O–H groups in total. The molecule has 2 aromatic rings. The zero-order valence-electron chi connectivity index (χ0n) is 20.6. The van der Waals surface area contributed by atoms with Gasteiger partial charge in [0.15, 0.2) is 11.8 Å². The number of rotatable bonds is 9. The summed E-state index contributed by atoms with van der Waals surface area (Å²) in [6.45, 7) is 12.3. The van der Waals surface area contributed by atoms with E-state index in [-0.39, 0.29) is 36.0 Å². The zero-order valence-corrected chi connectivity index (χ0v) is 20.6. The summed E-state index contributed by atoms with van der Waals surface area (Å²) < 4.78 is 12.3. The van der Waals surface area contributed by atoms with Crippen molar-refractivity contribution in [1.29, 1.82) is 0 Å². The molecule has 1 heterocycles. The number of methoxy groups -OCH3 is 1. The molecule has 2 rings (SSSR count). The van der Waals surface area contributed by atoms with Gasteiger partial charge < -0.3 is 15.2 Å². The maximum absolute atomic E-state index is 13.4. The normalized spacial score (nSPS) is 12.6. The summed E-state index contributed by atoms with van der Waals surface area (Å²) in [6.07, 6.45) is -0.911. The van der Waals surface area contributed by atoms with Crippen molar-refractivity contribution in [3.8, 4) is 5.75 Å². The largest absolute Gasteiger partial charge is 0.481 e. The van der Waals surface area contributed by atoms with Crippen LogP contribution >= 0.6 is 0 Å². The van der Waals surface area contributed by atoms with E-state index in [9.17, 15) is 14.4 Å². The zero-order chi connectivity index (χ0) is 24.9. The molecule has 0 saturated heterocycles. The monoisotopic (exact) mass is 460 g/mol. The fourth-order valence-electron chi connectivity index (χ4n) is 3.41. The van der Waals surface area contributed by atoms with Gasteiger partial charge in [0.25, 0.3) is 11.5 Å². The van der Waals surface area contributed by atoms with Gasteiger partial charge in [-0.2, -0.15) is 0 Å². The minimum Gasteiger partial charge on any atom is -0.481 e. The van der Waals surface area contributed by atoms with Gasteiger partial charge in [-0.1, -0.05) is 46.8 Å². The van der Waals surface area contributed by atoms with Gasteiger partial charge in [-0.3, -0.25) is 24.0 Å². The minimum absolute atomic E-state index is 0.00540. The number of nitrogens with two attached hydrogens (primary N) is 1. The molecule has 0 aliphatic heterocycles. The summed E-state index contributed by atoms with van der Waals surface area (Å²) in [7, 11) is 1.49. The van der Waals surface area contributed by atoms with Crippen LogP contribution in [0.2, 0.25) is 0 Å². The van der Waals surface area contributed by atoms with Crippen LogP contribution in [0.15, 0.2) is 33.9 Å². The van der Waals surface area contributed by atoms with Gasteiger partial charge in [-0.05, 0) is 36.0 Å². The Morgan fingerprint density at radius 2 is 1.76 bits per heavy atom. The van der Waals surface area contributed by atoms with Crippen molar-refractivity contribution in [2.24, 2.45) is 5.92 Å². The lowest BCUT2D eigenvalue weighted by Gasteiger charge is -2.27. The number of carbonyl (C=O) groups excluding carboxylic acids is 1. The number of aromatic amines is 1. The Morgan fingerprint density at radius 1 is 1.15 bits per heavy atom. The molecule has 0 aliphatic rings. The first-order valence-corrected chi connectivity index (χ1v) is 11.1. The third-order valence-electron chi connectivity index (χ3n) is 5.20. The fourth-order valence-corrected chi connectivity index (χ4v) is 3.41. The maximum atomic E-state index is 13.4. The van der Waals surface area contributed by atoms with E-state index in [0.29, 0.717) is 12.3 Å². The van der Waals surface area contributed by atoms with E-state index in [1.165, 1.54) is 16.6 Å². The second-order valence-corrected chi connectivity index (χ2v) is 9.51. The first-order chi connectivity index (χ1) is 15.4. The lowest BCUT2D eigenvalue weighted by atomic mass is 9.87. The minimum atomic E-state index is -0.911. The summed E-state index contributed by atoms with van der Waals surface area (Å²) in [5.74, 6) is 0.0925. The number of hydrogen-bond acceptors (Lipinski definition) is 6. The summed E-state index contributed by atoms with van der Waals surface area (Å²) in [5, 5.41) is 0. The van der Waals surface area contributed by atoms with E-state index >= 15 is 0 Å². The molecule has 0 fully saturated rings. The second kappa shape index (κ2) is 10.7. The highest BCUT2D eigenvalue weighted by Crippen LogP contribution is 2.25. The van der Waals surface area contributed by atoms with E-state index in [0.717, 1.165) is 5.56 Å². The number of nitrogen functional groups attached to an aromatic ring is 1. The number of nitrogens with one attached hydrogen (secondary N) is 1. The number of anilines is 2. The van der Waals surface area contributed by atoms with Crippen LogP contribution < -0.4 is 26.6 Å². The Morgan fingerprint density at radius 3 is 2.27 bits per heavy atom. The van der Waals surface area contributed by atoms with Crippen LogP contribution in [-0.2, 0) is 21.5 Å². The predicted octanol–water partition coefficient (Wildman–Crippen LogP) is 2.52. The van der Waals surface area contributed by atoms with Crippen molar-refractivity contribution < 1.29 is 14.3 Å². The standard InChI is InChI=1S/C24H36N4O5/c1-15(2)14-28-20(25)19(21(29)26-23(28)31)27(12-13-32-7)22(30)16(3)33-18-10-8-17(9-11-18)24(4,5)6/h8-11,15-16H,12-14,25H2,1-7H3,(H,26,29,31). The summed E-state index contributed by atoms with van der Waals surface area (Å²) in [4.78, 5) is 41.8. The van der Waals surface area contributed by atoms with Gasteiger partial charge in [0, 0.05) is 20.2 Å². The van der Waals surface area contributed by atoms with Crippen molar-refractivity contribution in [1.82, 2.24) is 9.55 Å². The molecule has 0 spiro atoms. The Hall–Kier alpha value is -3.07. The highest BCUT2D eigenvalue weighted by Gasteiger charge is 2.29. The van der Waals surface area contributed by atoms with E-state index in [4.69, 9.17) is 15.2 Å². The number of carbonyl (C=O) groups is 1. The van der Waals surface area contributed by atoms with Gasteiger partial charge in [-0.25, -0.2) is 4.79 Å². The first kappa shape index (κ1) is 26.2. The third-order valence-corrected chi connectivity index (χ3v) is 5.20. The Balaban J connectivity index is 2.39. The molecule has 1 unspecified atom stereocenters. The van der Waals surface area contributed by atoms with Gasteiger partial charge in [-0.15, -0.1) is 0 Å². The van der Waals surface area contributed by atoms with Crippen molar-refractivity contribution >= 4 is 17.4 Å². The van der Waals surface area contributed by atoms with Gasteiger partial charge in [0.05, 0.1) is 6.61 Å². The summed E-state index contributed by atoms with van der Waals surface area (Å²) in [5.41, 5.74) is 5.92. The van der Waals surface area contributed by atoms with E-state index in [1.54, 1.807) is 6.92 Å². The number of amides is 1. The molecule has 0 aliphatic carbocycles. The summed E-state index contributed by atoms with van der Waals surface area (Å²) >= 11 is 0. The van der Waals surface area contributed by atoms with E-state index in [1.807, 2.05) is 38.1 Å². The fraction of sp³-hybridized carbons (Fsp3) is 0.542. The number of ether oxygens (including phenoxy) is 2.